The van der Waals surface area contributed by atoms with E-state index in [1.54, 1.807) is 23.1 Å². The van der Waals surface area contributed by atoms with Crippen molar-refractivity contribution in [3.63, 3.8) is 0 Å². The molecule has 2 amide bonds. The summed E-state index contributed by atoms with van der Waals surface area (Å²) in [5, 5.41) is 6.18. The number of hydrogen-bond acceptors (Lipinski definition) is 7. The van der Waals surface area contributed by atoms with Crippen LogP contribution in [-0.2, 0) is 4.79 Å². The molecule has 1 aliphatic heterocycles. The van der Waals surface area contributed by atoms with Gasteiger partial charge in [0.1, 0.15) is 23.8 Å². The van der Waals surface area contributed by atoms with E-state index < -0.39 is 23.7 Å². The molecule has 1 aromatic heterocycles. The van der Waals surface area contributed by atoms with Crippen molar-refractivity contribution in [2.24, 2.45) is 5.73 Å². The van der Waals surface area contributed by atoms with Gasteiger partial charge in [-0.05, 0) is 36.4 Å². The van der Waals surface area contributed by atoms with Crippen LogP contribution in [0.15, 0.2) is 55.0 Å². The molecule has 4 N–H and O–H groups in total. The number of halogens is 2. The van der Waals surface area contributed by atoms with Crippen LogP contribution < -0.4 is 26.0 Å². The zero-order valence-corrected chi connectivity index (χ0v) is 18.1. The number of nitrogens with two attached hydrogens (primary N) is 1. The molecular weight excluding hydrogens is 451 g/mol. The Bertz CT molecular complexity index is 1180. The van der Waals surface area contributed by atoms with Crippen LogP contribution in [0.3, 0.4) is 0 Å². The third-order valence-electron chi connectivity index (χ3n) is 5.03. The minimum Gasteiger partial charge on any atom is -0.454 e. The largest absolute Gasteiger partial charge is 0.454 e. The van der Waals surface area contributed by atoms with Gasteiger partial charge in [-0.3, -0.25) is 9.59 Å². The van der Waals surface area contributed by atoms with Gasteiger partial charge in [-0.1, -0.05) is 11.6 Å². The molecule has 1 atom stereocenters. The van der Waals surface area contributed by atoms with Crippen LogP contribution in [-0.4, -0.2) is 47.5 Å². The summed E-state index contributed by atoms with van der Waals surface area (Å²) >= 11 is 5.81. The van der Waals surface area contributed by atoms with Crippen molar-refractivity contribution in [3.8, 4) is 11.5 Å². The Hall–Kier alpha value is -3.76. The Morgan fingerprint density at radius 1 is 1.24 bits per heavy atom. The average Bonchev–Trinajstić information content (AvgIpc) is 2.82. The molecule has 33 heavy (non-hydrogen) atoms. The van der Waals surface area contributed by atoms with Crippen LogP contribution in [0.4, 0.5) is 15.8 Å². The zero-order chi connectivity index (χ0) is 23.4. The summed E-state index contributed by atoms with van der Waals surface area (Å²) in [5.74, 6) is -1.32. The maximum Gasteiger partial charge on any atom is 0.274 e. The molecule has 0 radical (unpaired) electrons. The molecule has 1 fully saturated rings. The van der Waals surface area contributed by atoms with Crippen LogP contribution in [0, 0.1) is 5.82 Å². The normalized spacial score (nSPS) is 15.7. The van der Waals surface area contributed by atoms with E-state index in [1.165, 1.54) is 30.7 Å². The van der Waals surface area contributed by atoms with Gasteiger partial charge < -0.3 is 26.0 Å². The van der Waals surface area contributed by atoms with Gasteiger partial charge in [-0.15, -0.1) is 0 Å². The van der Waals surface area contributed by atoms with Gasteiger partial charge in [-0.25, -0.2) is 14.4 Å². The first-order valence-corrected chi connectivity index (χ1v) is 10.4. The Labute approximate surface area is 193 Å². The van der Waals surface area contributed by atoms with Crippen LogP contribution in [0.25, 0.3) is 0 Å². The molecular formula is C22H20ClFN6O3. The quantitative estimate of drug-likeness (QED) is 0.506. The predicted octanol–water partition coefficient (Wildman–Crippen LogP) is 2.58. The fourth-order valence-electron chi connectivity index (χ4n) is 3.46. The van der Waals surface area contributed by atoms with Crippen LogP contribution in [0.2, 0.25) is 5.02 Å². The predicted molar refractivity (Wildman–Crippen MR) is 121 cm³/mol. The second kappa shape index (κ2) is 9.80. The lowest BCUT2D eigenvalue weighted by Gasteiger charge is -2.37. The van der Waals surface area contributed by atoms with Crippen LogP contribution in [0.5, 0.6) is 11.5 Å². The van der Waals surface area contributed by atoms with Gasteiger partial charge in [0, 0.05) is 36.9 Å². The fraction of sp³-hybridized carbons (Fsp3) is 0.182. The maximum atomic E-state index is 14.2. The Morgan fingerprint density at radius 2 is 2.09 bits per heavy atom. The van der Waals surface area contributed by atoms with Crippen molar-refractivity contribution in [1.29, 1.82) is 0 Å². The van der Waals surface area contributed by atoms with E-state index in [4.69, 9.17) is 22.1 Å². The SMILES string of the molecule is NC(=O)C1CNCCN1c1cc(Oc2ccc(Cl)cc2F)ccc1NC(=O)c1ccncn1. The Morgan fingerprint density at radius 3 is 2.82 bits per heavy atom. The maximum absolute atomic E-state index is 14.2. The molecule has 0 bridgehead atoms. The van der Waals surface area contributed by atoms with E-state index >= 15 is 0 Å². The number of hydrogen-bond donors (Lipinski definition) is 3. The molecule has 0 aliphatic carbocycles. The van der Waals surface area contributed by atoms with E-state index in [0.717, 1.165) is 6.07 Å². The minimum atomic E-state index is -0.657. The highest BCUT2D eigenvalue weighted by Gasteiger charge is 2.29. The number of rotatable bonds is 6. The molecule has 1 aliphatic rings. The van der Waals surface area contributed by atoms with E-state index in [-0.39, 0.29) is 16.5 Å². The van der Waals surface area contributed by atoms with Crippen molar-refractivity contribution in [2.45, 2.75) is 6.04 Å². The second-order valence-electron chi connectivity index (χ2n) is 7.22. The summed E-state index contributed by atoms with van der Waals surface area (Å²) in [6.45, 7) is 1.38. The zero-order valence-electron chi connectivity index (χ0n) is 17.3. The molecule has 2 heterocycles. The van der Waals surface area contributed by atoms with Gasteiger partial charge in [0.25, 0.3) is 5.91 Å². The van der Waals surface area contributed by atoms with Crippen molar-refractivity contribution >= 4 is 34.8 Å². The number of primary amides is 1. The lowest BCUT2D eigenvalue weighted by molar-refractivity contribution is -0.119. The number of amides is 2. The van der Waals surface area contributed by atoms with Gasteiger partial charge in [-0.2, -0.15) is 0 Å². The number of ether oxygens (including phenoxy) is 1. The molecule has 170 valence electrons. The summed E-state index contributed by atoms with van der Waals surface area (Å²) in [6, 6.07) is 9.70. The van der Waals surface area contributed by atoms with E-state index in [0.29, 0.717) is 36.8 Å². The topological polar surface area (TPSA) is 122 Å². The molecule has 11 heteroatoms. The number of anilines is 2. The van der Waals surface area contributed by atoms with Gasteiger partial charge in [0.05, 0.1) is 11.4 Å². The summed E-state index contributed by atoms with van der Waals surface area (Å²) < 4.78 is 20.0. The van der Waals surface area contributed by atoms with E-state index in [1.807, 2.05) is 0 Å². The minimum absolute atomic E-state index is 0.0186. The van der Waals surface area contributed by atoms with Gasteiger partial charge >= 0.3 is 0 Å². The number of aromatic nitrogens is 2. The molecule has 2 aromatic carbocycles. The summed E-state index contributed by atoms with van der Waals surface area (Å²) in [6.07, 6.45) is 2.73. The third kappa shape index (κ3) is 5.18. The smallest absolute Gasteiger partial charge is 0.274 e. The fourth-order valence-corrected chi connectivity index (χ4v) is 3.62. The first-order chi connectivity index (χ1) is 15.9. The third-order valence-corrected chi connectivity index (χ3v) is 5.27. The van der Waals surface area contributed by atoms with E-state index in [9.17, 15) is 14.0 Å². The van der Waals surface area contributed by atoms with Crippen LogP contribution >= 0.6 is 11.6 Å². The van der Waals surface area contributed by atoms with Crippen molar-refractivity contribution in [2.75, 3.05) is 29.9 Å². The first-order valence-electron chi connectivity index (χ1n) is 10.0. The molecule has 1 unspecified atom stereocenters. The Kier molecular flexibility index (Phi) is 6.66. The lowest BCUT2D eigenvalue weighted by Crippen LogP contribution is -2.57. The highest BCUT2D eigenvalue weighted by Crippen LogP contribution is 2.35. The van der Waals surface area contributed by atoms with Crippen molar-refractivity contribution < 1.29 is 18.7 Å². The van der Waals surface area contributed by atoms with Crippen molar-refractivity contribution in [1.82, 2.24) is 15.3 Å². The van der Waals surface area contributed by atoms with Gasteiger partial charge in [0.15, 0.2) is 11.6 Å². The highest BCUT2D eigenvalue weighted by atomic mass is 35.5. The Balaban J connectivity index is 1.70. The van der Waals surface area contributed by atoms with Crippen LogP contribution in [0.1, 0.15) is 10.5 Å². The lowest BCUT2D eigenvalue weighted by atomic mass is 10.1. The van der Waals surface area contributed by atoms with Crippen molar-refractivity contribution in [3.05, 3.63) is 71.5 Å². The number of carbonyl (C=O) groups excluding carboxylic acids is 2. The first kappa shape index (κ1) is 22.4. The molecule has 0 saturated carbocycles. The monoisotopic (exact) mass is 470 g/mol. The summed E-state index contributed by atoms with van der Waals surface area (Å²) in [5.41, 5.74) is 6.69. The summed E-state index contributed by atoms with van der Waals surface area (Å²) in [4.78, 5) is 34.3. The number of nitrogens with one attached hydrogen (secondary N) is 2. The van der Waals surface area contributed by atoms with E-state index in [2.05, 4.69) is 20.6 Å². The number of piperazine rings is 1. The summed E-state index contributed by atoms with van der Waals surface area (Å²) in [7, 11) is 0. The highest BCUT2D eigenvalue weighted by molar-refractivity contribution is 6.30. The average molecular weight is 471 g/mol. The molecule has 0 spiro atoms. The van der Waals surface area contributed by atoms with Gasteiger partial charge in [0.2, 0.25) is 5.91 Å². The standard InChI is InChI=1S/C22H20ClFN6O3/c23-13-1-4-20(15(24)9-13)33-14-2-3-16(29-22(32)17-5-6-27-12-28-17)18(10-14)30-8-7-26-11-19(30)21(25)31/h1-6,9-10,12,19,26H,7-8,11H2,(H2,25,31)(H,29,32). The number of benzene rings is 2. The molecule has 9 nitrogen and oxygen atoms in total. The number of nitrogens with zero attached hydrogens (tertiary/aromatic N) is 3. The number of carbonyl (C=O) groups is 2. The molecule has 3 aromatic rings. The second-order valence-corrected chi connectivity index (χ2v) is 7.66. The molecule has 1 saturated heterocycles. The molecule has 4 rings (SSSR count).